The van der Waals surface area contributed by atoms with Gasteiger partial charge in [-0.15, -0.1) is 0 Å². The van der Waals surface area contributed by atoms with Gasteiger partial charge in [0.1, 0.15) is 0 Å². The molecule has 2 aliphatic heterocycles. The van der Waals surface area contributed by atoms with E-state index in [0.29, 0.717) is 23.4 Å². The van der Waals surface area contributed by atoms with E-state index >= 15 is 0 Å². The van der Waals surface area contributed by atoms with Crippen molar-refractivity contribution in [3.63, 3.8) is 0 Å². The van der Waals surface area contributed by atoms with Crippen molar-refractivity contribution >= 4 is 0 Å². The molecular weight excluding hydrogens is 306 g/mol. The van der Waals surface area contributed by atoms with Gasteiger partial charge in [-0.3, -0.25) is 4.90 Å². The Kier molecular flexibility index (Phi) is 3.01. The fourth-order valence-electron chi connectivity index (χ4n) is 6.36. The lowest BCUT2D eigenvalue weighted by Crippen LogP contribution is -2.36. The minimum Gasteiger partial charge on any atom is -0.377 e. The molecule has 0 amide bonds. The van der Waals surface area contributed by atoms with Crippen molar-refractivity contribution in [3.8, 4) is 0 Å². The van der Waals surface area contributed by atoms with Gasteiger partial charge in [0.05, 0.1) is 6.10 Å². The second-order valence-corrected chi connectivity index (χ2v) is 8.51. The van der Waals surface area contributed by atoms with Gasteiger partial charge in [-0.05, 0) is 41.5 Å². The summed E-state index contributed by atoms with van der Waals surface area (Å²) in [6, 6.07) is 18.5. The molecule has 2 aromatic carbocycles. The molecule has 4 unspecified atom stereocenters. The summed E-state index contributed by atoms with van der Waals surface area (Å²) in [6.45, 7) is 4.48. The van der Waals surface area contributed by atoms with Crippen LogP contribution in [-0.2, 0) is 10.2 Å². The van der Waals surface area contributed by atoms with Crippen molar-refractivity contribution in [1.82, 2.24) is 4.90 Å². The standard InChI is InChI=1S/C23H25NO/c1-2-8-18-17(7-1)20-12-23(21-10-4-3-9-19(20)21)15-24(14-22(18)23)13-16-6-5-11-25-16/h1-4,7-10,16,20,22H,5-6,11-15H2. The van der Waals surface area contributed by atoms with E-state index < -0.39 is 0 Å². The van der Waals surface area contributed by atoms with Crippen LogP contribution >= 0.6 is 0 Å². The van der Waals surface area contributed by atoms with Crippen LogP contribution in [0.15, 0.2) is 48.5 Å². The molecule has 0 aromatic heterocycles. The van der Waals surface area contributed by atoms with E-state index in [-0.39, 0.29) is 0 Å². The number of benzene rings is 2. The third-order valence-corrected chi connectivity index (χ3v) is 7.29. The Morgan fingerprint density at radius 3 is 2.64 bits per heavy atom. The lowest BCUT2D eigenvalue weighted by atomic mass is 9.65. The zero-order chi connectivity index (χ0) is 16.4. The monoisotopic (exact) mass is 331 g/mol. The zero-order valence-corrected chi connectivity index (χ0v) is 14.7. The van der Waals surface area contributed by atoms with Crippen LogP contribution in [0.4, 0.5) is 0 Å². The van der Waals surface area contributed by atoms with Crippen LogP contribution in [0.1, 0.15) is 53.4 Å². The fourth-order valence-corrected chi connectivity index (χ4v) is 6.36. The highest BCUT2D eigenvalue weighted by molar-refractivity contribution is 5.58. The van der Waals surface area contributed by atoms with Crippen LogP contribution in [0.2, 0.25) is 0 Å². The average Bonchev–Trinajstić information content (AvgIpc) is 3.35. The first-order chi connectivity index (χ1) is 12.4. The number of rotatable bonds is 2. The number of ether oxygens (including phenoxy) is 1. The molecule has 6 rings (SSSR count). The molecule has 0 saturated carbocycles. The zero-order valence-electron chi connectivity index (χ0n) is 14.7. The number of hydrogen-bond acceptors (Lipinski definition) is 2. The van der Waals surface area contributed by atoms with Crippen molar-refractivity contribution in [2.75, 3.05) is 26.2 Å². The Bertz CT molecular complexity index is 813. The summed E-state index contributed by atoms with van der Waals surface area (Å²) in [7, 11) is 0. The highest BCUT2D eigenvalue weighted by atomic mass is 16.5. The molecule has 2 aromatic rings. The molecular formula is C23H25NO. The highest BCUT2D eigenvalue weighted by Crippen LogP contribution is 2.63. The summed E-state index contributed by atoms with van der Waals surface area (Å²) in [5.41, 5.74) is 6.76. The van der Waals surface area contributed by atoms with Crippen LogP contribution in [0.5, 0.6) is 0 Å². The second-order valence-electron chi connectivity index (χ2n) is 8.51. The van der Waals surface area contributed by atoms with E-state index in [2.05, 4.69) is 53.4 Å². The second kappa shape index (κ2) is 5.18. The van der Waals surface area contributed by atoms with Crippen molar-refractivity contribution in [3.05, 3.63) is 70.8 Å². The normalized spacial score (nSPS) is 35.4. The molecule has 2 heterocycles. The fraction of sp³-hybridized carbons (Fsp3) is 0.478. The molecule has 4 atom stereocenters. The number of likely N-dealkylation sites (tertiary alicyclic amines) is 1. The Morgan fingerprint density at radius 2 is 1.80 bits per heavy atom. The molecule has 128 valence electrons. The SMILES string of the molecule is c1ccc2c(c1)C1CC3(CN(CC4CCCO4)CC23)c2ccccc21. The van der Waals surface area contributed by atoms with Crippen LogP contribution in [0, 0.1) is 0 Å². The molecule has 2 fully saturated rings. The Balaban J connectivity index is 1.46. The molecule has 4 aliphatic rings. The third-order valence-electron chi connectivity index (χ3n) is 7.29. The van der Waals surface area contributed by atoms with E-state index in [9.17, 15) is 0 Å². The van der Waals surface area contributed by atoms with Gasteiger partial charge in [-0.2, -0.15) is 0 Å². The van der Waals surface area contributed by atoms with Gasteiger partial charge < -0.3 is 4.74 Å². The van der Waals surface area contributed by atoms with Gasteiger partial charge in [0.25, 0.3) is 0 Å². The number of hydrogen-bond donors (Lipinski definition) is 0. The first-order valence-corrected chi connectivity index (χ1v) is 9.87. The Hall–Kier alpha value is -1.64. The maximum absolute atomic E-state index is 5.94. The van der Waals surface area contributed by atoms with E-state index in [1.54, 1.807) is 22.3 Å². The largest absolute Gasteiger partial charge is 0.377 e. The summed E-state index contributed by atoms with van der Waals surface area (Å²) >= 11 is 0. The molecule has 25 heavy (non-hydrogen) atoms. The van der Waals surface area contributed by atoms with Crippen LogP contribution in [0.25, 0.3) is 0 Å². The molecule has 2 aliphatic carbocycles. The third kappa shape index (κ3) is 1.93. The van der Waals surface area contributed by atoms with Gasteiger partial charge >= 0.3 is 0 Å². The molecule has 1 spiro atoms. The predicted molar refractivity (Wildman–Crippen MR) is 99.2 cm³/mol. The molecule has 0 radical (unpaired) electrons. The van der Waals surface area contributed by atoms with Gasteiger partial charge in [-0.25, -0.2) is 0 Å². The lowest BCUT2D eigenvalue weighted by molar-refractivity contribution is 0.0787. The van der Waals surface area contributed by atoms with Crippen LogP contribution < -0.4 is 0 Å². The Labute approximate surface area is 149 Å². The first kappa shape index (κ1) is 14.5. The van der Waals surface area contributed by atoms with Crippen molar-refractivity contribution < 1.29 is 4.74 Å². The Morgan fingerprint density at radius 1 is 1.00 bits per heavy atom. The molecule has 2 nitrogen and oxygen atoms in total. The minimum atomic E-state index is 0.328. The van der Waals surface area contributed by atoms with Crippen molar-refractivity contribution in [2.45, 2.75) is 42.6 Å². The van der Waals surface area contributed by atoms with E-state index in [1.165, 1.54) is 32.4 Å². The minimum absolute atomic E-state index is 0.328. The predicted octanol–water partition coefficient (Wildman–Crippen LogP) is 4.05. The van der Waals surface area contributed by atoms with E-state index in [0.717, 1.165) is 13.2 Å². The molecule has 2 saturated heterocycles. The number of fused-ring (bicyclic) bond motifs is 3. The highest BCUT2D eigenvalue weighted by Gasteiger charge is 2.58. The summed E-state index contributed by atoms with van der Waals surface area (Å²) in [6.07, 6.45) is 4.24. The summed E-state index contributed by atoms with van der Waals surface area (Å²) in [5.74, 6) is 1.25. The van der Waals surface area contributed by atoms with Crippen LogP contribution in [0.3, 0.4) is 0 Å². The first-order valence-electron chi connectivity index (χ1n) is 9.87. The lowest BCUT2D eigenvalue weighted by Gasteiger charge is -2.37. The van der Waals surface area contributed by atoms with E-state index in [4.69, 9.17) is 4.74 Å². The quantitative estimate of drug-likeness (QED) is 0.823. The number of nitrogens with zero attached hydrogens (tertiary/aromatic N) is 1. The molecule has 2 heteroatoms. The van der Waals surface area contributed by atoms with Crippen molar-refractivity contribution in [1.29, 1.82) is 0 Å². The van der Waals surface area contributed by atoms with E-state index in [1.807, 2.05) is 0 Å². The average molecular weight is 331 g/mol. The molecule has 0 N–H and O–H groups in total. The summed E-state index contributed by atoms with van der Waals surface area (Å²) < 4.78 is 5.94. The maximum atomic E-state index is 5.94. The summed E-state index contributed by atoms with van der Waals surface area (Å²) in [4.78, 5) is 2.71. The topological polar surface area (TPSA) is 12.5 Å². The smallest absolute Gasteiger partial charge is 0.0702 e. The van der Waals surface area contributed by atoms with Gasteiger partial charge in [0.15, 0.2) is 0 Å². The van der Waals surface area contributed by atoms with Gasteiger partial charge in [0, 0.05) is 43.5 Å². The maximum Gasteiger partial charge on any atom is 0.0702 e. The van der Waals surface area contributed by atoms with Gasteiger partial charge in [0.2, 0.25) is 0 Å². The summed E-state index contributed by atoms with van der Waals surface area (Å²) in [5, 5.41) is 0. The molecule has 2 bridgehead atoms. The van der Waals surface area contributed by atoms with Crippen LogP contribution in [-0.4, -0.2) is 37.2 Å². The van der Waals surface area contributed by atoms with Gasteiger partial charge in [-0.1, -0.05) is 48.5 Å². The van der Waals surface area contributed by atoms with Crippen molar-refractivity contribution in [2.24, 2.45) is 0 Å².